The molecular weight excluding hydrogens is 444 g/mol. The Bertz CT molecular complexity index is 1040. The Morgan fingerprint density at radius 1 is 1.03 bits per heavy atom. The number of rotatable bonds is 6. The molecule has 0 saturated heterocycles. The van der Waals surface area contributed by atoms with Crippen LogP contribution in [0.15, 0.2) is 58.3 Å². The van der Waals surface area contributed by atoms with Gasteiger partial charge >= 0.3 is 5.97 Å². The smallest absolute Gasteiger partial charge is 0.374 e. The van der Waals surface area contributed by atoms with Gasteiger partial charge in [-0.05, 0) is 97.0 Å². The Morgan fingerprint density at radius 2 is 1.83 bits per heavy atom. The number of carbonyl (C=O) groups excluding carboxylic acids is 1. The number of furan rings is 1. The summed E-state index contributed by atoms with van der Waals surface area (Å²) in [5.74, 6) is 4.08. The molecule has 3 heteroatoms. The van der Waals surface area contributed by atoms with Crippen LogP contribution < -0.4 is 0 Å². The van der Waals surface area contributed by atoms with Gasteiger partial charge in [-0.15, -0.1) is 0 Å². The van der Waals surface area contributed by atoms with Gasteiger partial charge < -0.3 is 9.15 Å². The van der Waals surface area contributed by atoms with Crippen molar-refractivity contribution in [3.8, 4) is 0 Å². The lowest BCUT2D eigenvalue weighted by Crippen LogP contribution is -2.46. The molecule has 0 aromatic carbocycles. The first-order valence-electron chi connectivity index (χ1n) is 14.5. The molecule has 3 fully saturated rings. The largest absolute Gasteiger partial charge is 0.457 e. The number of ether oxygens (including phenoxy) is 1. The molecule has 0 aliphatic heterocycles. The zero-order valence-corrected chi connectivity index (χ0v) is 23.3. The first-order valence-corrected chi connectivity index (χ1v) is 14.5. The fraction of sp³-hybridized carbons (Fsp3) is 0.667. The first kappa shape index (κ1) is 25.6. The van der Waals surface area contributed by atoms with Crippen molar-refractivity contribution in [3.63, 3.8) is 0 Å². The predicted molar refractivity (Wildman–Crippen MR) is 145 cm³/mol. The number of esters is 1. The molecule has 196 valence electrons. The summed E-state index contributed by atoms with van der Waals surface area (Å²) in [6.45, 7) is 14.6. The van der Waals surface area contributed by atoms with E-state index >= 15 is 0 Å². The van der Waals surface area contributed by atoms with Gasteiger partial charge in [-0.2, -0.15) is 0 Å². The van der Waals surface area contributed by atoms with Crippen molar-refractivity contribution in [2.75, 3.05) is 0 Å². The van der Waals surface area contributed by atoms with Crippen LogP contribution in [0.4, 0.5) is 0 Å². The van der Waals surface area contributed by atoms with Crippen LogP contribution in [0.25, 0.3) is 0 Å². The van der Waals surface area contributed by atoms with Crippen LogP contribution in [0.3, 0.4) is 0 Å². The molecule has 1 heterocycles. The van der Waals surface area contributed by atoms with Gasteiger partial charge in [0, 0.05) is 6.42 Å². The number of hydrogen-bond acceptors (Lipinski definition) is 3. The molecule has 3 nitrogen and oxygen atoms in total. The van der Waals surface area contributed by atoms with Crippen molar-refractivity contribution >= 4 is 5.97 Å². The topological polar surface area (TPSA) is 39.4 Å². The zero-order valence-electron chi connectivity index (χ0n) is 23.3. The molecule has 8 atom stereocenters. The third-order valence-corrected chi connectivity index (χ3v) is 11.0. The van der Waals surface area contributed by atoms with Gasteiger partial charge in [0.05, 0.1) is 6.26 Å². The quantitative estimate of drug-likeness (QED) is 0.295. The summed E-state index contributed by atoms with van der Waals surface area (Å²) in [5, 5.41) is 0. The van der Waals surface area contributed by atoms with Crippen molar-refractivity contribution in [2.24, 2.45) is 46.3 Å². The molecular formula is C33H46O3. The Labute approximate surface area is 218 Å². The average molecular weight is 491 g/mol. The van der Waals surface area contributed by atoms with E-state index in [1.54, 1.807) is 17.7 Å². The lowest BCUT2D eigenvalue weighted by molar-refractivity contribution is 0.00446. The van der Waals surface area contributed by atoms with Crippen LogP contribution >= 0.6 is 0 Å². The molecule has 0 amide bonds. The Hall–Kier alpha value is -2.03. The summed E-state index contributed by atoms with van der Waals surface area (Å²) in [5.41, 5.74) is 3.83. The highest BCUT2D eigenvalue weighted by Crippen LogP contribution is 2.66. The third kappa shape index (κ3) is 4.35. The van der Waals surface area contributed by atoms with Crippen molar-refractivity contribution in [1.29, 1.82) is 0 Å². The molecule has 1 aromatic heterocycles. The molecule has 4 aliphatic carbocycles. The minimum atomic E-state index is -0.336. The van der Waals surface area contributed by atoms with Gasteiger partial charge in [-0.3, -0.25) is 0 Å². The maximum atomic E-state index is 12.5. The zero-order chi connectivity index (χ0) is 25.7. The van der Waals surface area contributed by atoms with E-state index in [1.165, 1.54) is 37.5 Å². The van der Waals surface area contributed by atoms with E-state index in [0.717, 1.165) is 25.2 Å². The Kier molecular flexibility index (Phi) is 6.89. The lowest BCUT2D eigenvalue weighted by atomic mass is 9.50. The highest BCUT2D eigenvalue weighted by molar-refractivity contribution is 5.86. The fourth-order valence-corrected chi connectivity index (χ4v) is 8.28. The minimum absolute atomic E-state index is 0.0533. The van der Waals surface area contributed by atoms with Gasteiger partial charge in [-0.1, -0.05) is 77.0 Å². The van der Waals surface area contributed by atoms with E-state index in [1.807, 2.05) is 0 Å². The van der Waals surface area contributed by atoms with Crippen LogP contribution in [-0.4, -0.2) is 12.1 Å². The normalized spacial score (nSPS) is 37.5. The number of fused-ring (bicyclic) bond motifs is 5. The van der Waals surface area contributed by atoms with Crippen LogP contribution in [0, 0.1) is 46.3 Å². The molecule has 4 unspecified atom stereocenters. The summed E-state index contributed by atoms with van der Waals surface area (Å²) in [6.07, 6.45) is 19.6. The Balaban J connectivity index is 1.32. The molecule has 0 N–H and O–H groups in total. The molecule has 1 aromatic rings. The van der Waals surface area contributed by atoms with Crippen molar-refractivity contribution in [3.05, 3.63) is 59.6 Å². The summed E-state index contributed by atoms with van der Waals surface area (Å²) in [7, 11) is 0. The van der Waals surface area contributed by atoms with Gasteiger partial charge in [0.1, 0.15) is 6.10 Å². The van der Waals surface area contributed by atoms with E-state index in [2.05, 4.69) is 65.8 Å². The van der Waals surface area contributed by atoms with Crippen molar-refractivity contribution in [1.82, 2.24) is 0 Å². The van der Waals surface area contributed by atoms with Crippen molar-refractivity contribution < 1.29 is 13.9 Å². The van der Waals surface area contributed by atoms with Crippen molar-refractivity contribution in [2.45, 2.75) is 92.6 Å². The maximum Gasteiger partial charge on any atom is 0.374 e. The van der Waals surface area contributed by atoms with Gasteiger partial charge in [0.15, 0.2) is 0 Å². The van der Waals surface area contributed by atoms with E-state index in [9.17, 15) is 4.79 Å². The first-order chi connectivity index (χ1) is 17.1. The highest BCUT2D eigenvalue weighted by atomic mass is 16.6. The number of allylic oxidation sites excluding steroid dienone is 5. The van der Waals surface area contributed by atoms with E-state index in [0.29, 0.717) is 40.8 Å². The second-order valence-electron chi connectivity index (χ2n) is 13.2. The monoisotopic (exact) mass is 490 g/mol. The minimum Gasteiger partial charge on any atom is -0.457 e. The number of hydrogen-bond donors (Lipinski definition) is 0. The summed E-state index contributed by atoms with van der Waals surface area (Å²) in [4.78, 5) is 12.5. The molecule has 3 saturated carbocycles. The molecule has 0 spiro atoms. The van der Waals surface area contributed by atoms with Gasteiger partial charge in [-0.25, -0.2) is 4.79 Å². The van der Waals surface area contributed by atoms with E-state index < -0.39 is 0 Å². The Morgan fingerprint density at radius 3 is 2.56 bits per heavy atom. The van der Waals surface area contributed by atoms with E-state index in [4.69, 9.17) is 9.15 Å². The summed E-state index contributed by atoms with van der Waals surface area (Å²) < 4.78 is 11.1. The summed E-state index contributed by atoms with van der Waals surface area (Å²) >= 11 is 0. The van der Waals surface area contributed by atoms with Crippen LogP contribution in [0.5, 0.6) is 0 Å². The van der Waals surface area contributed by atoms with Crippen LogP contribution in [0.1, 0.15) is 97.0 Å². The average Bonchev–Trinajstić information content (AvgIpc) is 3.50. The van der Waals surface area contributed by atoms with Crippen LogP contribution in [-0.2, 0) is 4.74 Å². The lowest BCUT2D eigenvalue weighted by Gasteiger charge is -2.55. The summed E-state index contributed by atoms with van der Waals surface area (Å²) in [6, 6.07) is 3.41. The molecule has 0 bridgehead atoms. The standard InChI is InChI=1S/C33H46O3/c1-21(2)22(3)9-10-23(4)27-13-14-28-26-12-11-24-20-25(36-31(34)30-8-7-19-35-30)15-17-32(24,5)29(26)16-18-33(27,28)6/h7-12,19,21-23,25,27-29H,13-18,20H2,1-6H3/b10-9+/t22?,23-,25+,27?,28?,29?,32+,33-/m1/s1. The maximum absolute atomic E-state index is 12.5. The predicted octanol–water partition coefficient (Wildman–Crippen LogP) is 8.79. The molecule has 0 radical (unpaired) electrons. The third-order valence-electron chi connectivity index (χ3n) is 11.0. The molecule has 4 aliphatic rings. The fourth-order valence-electron chi connectivity index (χ4n) is 8.28. The molecule has 5 rings (SSSR count). The van der Waals surface area contributed by atoms with E-state index in [-0.39, 0.29) is 17.5 Å². The highest BCUT2D eigenvalue weighted by Gasteiger charge is 2.57. The molecule has 36 heavy (non-hydrogen) atoms. The second-order valence-corrected chi connectivity index (χ2v) is 13.2. The van der Waals surface area contributed by atoms with Gasteiger partial charge in [0.25, 0.3) is 0 Å². The SMILES string of the molecule is CC(C)C(C)/C=C/[C@@H](C)C1CCC2C3=CC=C4C[C@@H](OC(=O)c5ccco5)CC[C@]4(C)C3CC[C@@]21C. The second kappa shape index (κ2) is 9.69. The number of carbonyl (C=O) groups is 1. The van der Waals surface area contributed by atoms with Gasteiger partial charge in [0.2, 0.25) is 5.76 Å². The van der Waals surface area contributed by atoms with Crippen LogP contribution in [0.2, 0.25) is 0 Å².